The summed E-state index contributed by atoms with van der Waals surface area (Å²) in [6, 6.07) is 7.83. The molecule has 1 saturated carbocycles. The van der Waals surface area contributed by atoms with Gasteiger partial charge in [-0.05, 0) is 30.5 Å². The van der Waals surface area contributed by atoms with Gasteiger partial charge in [-0.2, -0.15) is 0 Å². The Morgan fingerprint density at radius 2 is 1.90 bits per heavy atom. The summed E-state index contributed by atoms with van der Waals surface area (Å²) in [6.45, 7) is 0.624. The molecule has 0 bridgehead atoms. The normalized spacial score (nSPS) is 18.8. The molecule has 1 aromatic rings. The van der Waals surface area contributed by atoms with Gasteiger partial charge >= 0.3 is 0 Å². The largest absolute Gasteiger partial charge is 0.330 e. The Hall–Kier alpha value is -1.07. The number of anilines is 1. The number of nitrogens with two attached hydrogens (primary N) is 1. The summed E-state index contributed by atoms with van der Waals surface area (Å²) >= 11 is 0. The molecule has 5 heteroatoms. The highest BCUT2D eigenvalue weighted by Gasteiger charge is 2.32. The van der Waals surface area contributed by atoms with Crippen molar-refractivity contribution in [3.8, 4) is 0 Å². The first-order chi connectivity index (χ1) is 9.39. The molecule has 0 spiro atoms. The van der Waals surface area contributed by atoms with Crippen LogP contribution in [-0.2, 0) is 15.4 Å². The highest BCUT2D eigenvalue weighted by Crippen LogP contribution is 2.39. The number of rotatable bonds is 4. The number of hydrogen-bond donors (Lipinski definition) is 1. The summed E-state index contributed by atoms with van der Waals surface area (Å²) in [5.74, 6) is 0. The van der Waals surface area contributed by atoms with Crippen LogP contribution in [0.5, 0.6) is 0 Å². The van der Waals surface area contributed by atoms with E-state index in [2.05, 4.69) is 6.07 Å². The Morgan fingerprint density at radius 1 is 1.25 bits per heavy atom. The molecule has 1 aromatic carbocycles. The van der Waals surface area contributed by atoms with Gasteiger partial charge in [0.15, 0.2) is 0 Å². The standard InChI is InChI=1S/C15H24N2O2S/c1-17(20(2,18)19)14-8-6-7-13(11-14)15(12-16)9-4-3-5-10-15/h6-8,11H,3-5,9-10,12,16H2,1-2H3. The van der Waals surface area contributed by atoms with Gasteiger partial charge in [0.2, 0.25) is 10.0 Å². The summed E-state index contributed by atoms with van der Waals surface area (Å²) < 4.78 is 24.7. The molecule has 0 saturated heterocycles. The van der Waals surface area contributed by atoms with Crippen molar-refractivity contribution in [2.75, 3.05) is 24.2 Å². The highest BCUT2D eigenvalue weighted by molar-refractivity contribution is 7.92. The number of hydrogen-bond acceptors (Lipinski definition) is 3. The first kappa shape index (κ1) is 15.3. The van der Waals surface area contributed by atoms with Gasteiger partial charge in [0.25, 0.3) is 0 Å². The fraction of sp³-hybridized carbons (Fsp3) is 0.600. The summed E-state index contributed by atoms with van der Waals surface area (Å²) in [4.78, 5) is 0. The van der Waals surface area contributed by atoms with Crippen LogP contribution in [0, 0.1) is 0 Å². The first-order valence-electron chi connectivity index (χ1n) is 7.14. The second-order valence-electron chi connectivity index (χ2n) is 5.83. The van der Waals surface area contributed by atoms with Crippen molar-refractivity contribution >= 4 is 15.7 Å². The van der Waals surface area contributed by atoms with Crippen LogP contribution < -0.4 is 10.0 Å². The molecule has 20 heavy (non-hydrogen) atoms. The number of sulfonamides is 1. The minimum absolute atomic E-state index is 0.0204. The number of nitrogens with zero attached hydrogens (tertiary/aromatic N) is 1. The molecular weight excluding hydrogens is 272 g/mol. The number of benzene rings is 1. The third-order valence-corrected chi connectivity index (χ3v) is 5.73. The van der Waals surface area contributed by atoms with Crippen molar-refractivity contribution in [3.63, 3.8) is 0 Å². The van der Waals surface area contributed by atoms with E-state index in [9.17, 15) is 8.42 Å². The van der Waals surface area contributed by atoms with Crippen LogP contribution in [-0.4, -0.2) is 28.3 Å². The summed E-state index contributed by atoms with van der Waals surface area (Å²) in [5, 5.41) is 0. The van der Waals surface area contributed by atoms with Crippen molar-refractivity contribution < 1.29 is 8.42 Å². The van der Waals surface area contributed by atoms with Crippen LogP contribution in [0.4, 0.5) is 5.69 Å². The van der Waals surface area contributed by atoms with Crippen molar-refractivity contribution in [1.29, 1.82) is 0 Å². The predicted octanol–water partition coefficient (Wildman–Crippen LogP) is 2.24. The Morgan fingerprint density at radius 3 is 2.45 bits per heavy atom. The van der Waals surface area contributed by atoms with Crippen molar-refractivity contribution in [1.82, 2.24) is 0 Å². The van der Waals surface area contributed by atoms with Gasteiger partial charge in [-0.3, -0.25) is 4.31 Å². The van der Waals surface area contributed by atoms with E-state index < -0.39 is 10.0 Å². The van der Waals surface area contributed by atoms with Gasteiger partial charge in [-0.1, -0.05) is 31.4 Å². The summed E-state index contributed by atoms with van der Waals surface area (Å²) in [7, 11) is -1.64. The van der Waals surface area contributed by atoms with Gasteiger partial charge in [0.1, 0.15) is 0 Å². The highest BCUT2D eigenvalue weighted by atomic mass is 32.2. The lowest BCUT2D eigenvalue weighted by Crippen LogP contribution is -2.37. The van der Waals surface area contributed by atoms with Crippen molar-refractivity contribution in [2.24, 2.45) is 5.73 Å². The average molecular weight is 296 g/mol. The lowest BCUT2D eigenvalue weighted by molar-refractivity contribution is 0.301. The lowest BCUT2D eigenvalue weighted by atomic mass is 9.69. The van der Waals surface area contributed by atoms with Crippen LogP contribution in [0.3, 0.4) is 0 Å². The molecule has 0 aromatic heterocycles. The van der Waals surface area contributed by atoms with E-state index in [4.69, 9.17) is 5.73 Å². The molecule has 0 heterocycles. The molecule has 0 atom stereocenters. The summed E-state index contributed by atoms with van der Waals surface area (Å²) in [6.07, 6.45) is 7.07. The Balaban J connectivity index is 2.38. The SMILES string of the molecule is CN(c1cccc(C2(CN)CCCCC2)c1)S(C)(=O)=O. The molecule has 1 fully saturated rings. The monoisotopic (exact) mass is 296 g/mol. The van der Waals surface area contributed by atoms with Gasteiger partial charge in [-0.15, -0.1) is 0 Å². The van der Waals surface area contributed by atoms with Gasteiger partial charge in [0, 0.05) is 19.0 Å². The smallest absolute Gasteiger partial charge is 0.231 e. The second kappa shape index (κ2) is 5.74. The maximum atomic E-state index is 11.7. The van der Waals surface area contributed by atoms with Gasteiger partial charge in [0.05, 0.1) is 11.9 Å². The lowest BCUT2D eigenvalue weighted by Gasteiger charge is -2.37. The molecule has 1 aliphatic carbocycles. The summed E-state index contributed by atoms with van der Waals surface area (Å²) in [5.41, 5.74) is 7.96. The molecule has 0 unspecified atom stereocenters. The van der Waals surface area contributed by atoms with E-state index in [1.807, 2.05) is 18.2 Å². The van der Waals surface area contributed by atoms with Crippen LogP contribution in [0.1, 0.15) is 37.7 Å². The predicted molar refractivity (Wildman–Crippen MR) is 83.5 cm³/mol. The van der Waals surface area contributed by atoms with Gasteiger partial charge < -0.3 is 5.73 Å². The average Bonchev–Trinajstić information content (AvgIpc) is 2.46. The Bertz CT molecular complexity index is 563. The molecule has 1 aliphatic rings. The fourth-order valence-electron chi connectivity index (χ4n) is 3.06. The maximum Gasteiger partial charge on any atom is 0.231 e. The molecule has 0 aliphatic heterocycles. The first-order valence-corrected chi connectivity index (χ1v) is 8.98. The van der Waals surface area contributed by atoms with Crippen LogP contribution in [0.15, 0.2) is 24.3 Å². The van der Waals surface area contributed by atoms with E-state index in [1.165, 1.54) is 35.4 Å². The maximum absolute atomic E-state index is 11.7. The molecule has 4 nitrogen and oxygen atoms in total. The van der Waals surface area contributed by atoms with E-state index in [0.717, 1.165) is 12.8 Å². The molecule has 0 amide bonds. The zero-order chi connectivity index (χ0) is 14.8. The quantitative estimate of drug-likeness (QED) is 0.927. The topological polar surface area (TPSA) is 63.4 Å². The minimum Gasteiger partial charge on any atom is -0.330 e. The van der Waals surface area contributed by atoms with Crippen LogP contribution in [0.2, 0.25) is 0 Å². The zero-order valence-electron chi connectivity index (χ0n) is 12.3. The van der Waals surface area contributed by atoms with Crippen molar-refractivity contribution in [3.05, 3.63) is 29.8 Å². The second-order valence-corrected chi connectivity index (χ2v) is 7.84. The Kier molecular flexibility index (Phi) is 4.39. The van der Waals surface area contributed by atoms with Crippen molar-refractivity contribution in [2.45, 2.75) is 37.5 Å². The Labute approximate surface area is 122 Å². The van der Waals surface area contributed by atoms with E-state index >= 15 is 0 Å². The van der Waals surface area contributed by atoms with E-state index in [1.54, 1.807) is 7.05 Å². The van der Waals surface area contributed by atoms with E-state index in [-0.39, 0.29) is 5.41 Å². The molecular formula is C15H24N2O2S. The van der Waals surface area contributed by atoms with E-state index in [0.29, 0.717) is 12.2 Å². The third-order valence-electron chi connectivity index (χ3n) is 4.52. The zero-order valence-corrected chi connectivity index (χ0v) is 13.1. The molecule has 2 rings (SSSR count). The van der Waals surface area contributed by atoms with Crippen LogP contribution >= 0.6 is 0 Å². The molecule has 0 radical (unpaired) electrons. The molecule has 112 valence electrons. The third kappa shape index (κ3) is 2.99. The van der Waals surface area contributed by atoms with Crippen LogP contribution in [0.25, 0.3) is 0 Å². The minimum atomic E-state index is -3.23. The fourth-order valence-corrected chi connectivity index (χ4v) is 3.56. The van der Waals surface area contributed by atoms with Gasteiger partial charge in [-0.25, -0.2) is 8.42 Å². The molecule has 2 N–H and O–H groups in total.